The van der Waals surface area contributed by atoms with E-state index in [9.17, 15) is 4.39 Å². The highest BCUT2D eigenvalue weighted by molar-refractivity contribution is 7.12. The Balaban J connectivity index is 2.19. The van der Waals surface area contributed by atoms with Gasteiger partial charge in [-0.05, 0) is 26.0 Å². The number of aryl methyl sites for hydroxylation is 1. The Morgan fingerprint density at radius 2 is 2.14 bits per heavy atom. The number of anilines is 1. The number of methoxy groups -OCH3 is 1. The molecular weight excluding hydrogens is 289 g/mol. The third-order valence-electron chi connectivity index (χ3n) is 3.55. The van der Waals surface area contributed by atoms with E-state index < -0.39 is 5.82 Å². The number of nitrogen functional groups attached to an aromatic ring is 1. The fourth-order valence-corrected chi connectivity index (χ4v) is 3.40. The minimum atomic E-state index is -0.436. The summed E-state index contributed by atoms with van der Waals surface area (Å²) in [6.07, 6.45) is 0. The van der Waals surface area contributed by atoms with Gasteiger partial charge < -0.3 is 15.0 Å². The summed E-state index contributed by atoms with van der Waals surface area (Å²) in [5.74, 6) is 0.128. The number of hydrogen-bond acceptors (Lipinski definition) is 4. The van der Waals surface area contributed by atoms with Crippen molar-refractivity contribution in [3.8, 4) is 5.75 Å². The van der Waals surface area contributed by atoms with Crippen molar-refractivity contribution in [3.63, 3.8) is 0 Å². The molecule has 0 fully saturated rings. The molecule has 0 aliphatic rings. The molecule has 0 aliphatic heterocycles. The molecule has 6 heteroatoms. The summed E-state index contributed by atoms with van der Waals surface area (Å²) in [6.45, 7) is 4.12. The number of fused-ring (bicyclic) bond motifs is 1. The number of benzene rings is 1. The molecule has 0 bridgehead atoms. The molecule has 4 nitrogen and oxygen atoms in total. The van der Waals surface area contributed by atoms with Crippen LogP contribution in [0.4, 0.5) is 10.3 Å². The number of imidazole rings is 1. The van der Waals surface area contributed by atoms with Crippen molar-refractivity contribution in [3.05, 3.63) is 39.8 Å². The fourth-order valence-electron chi connectivity index (χ4n) is 2.48. The molecule has 0 spiro atoms. The smallest absolute Gasteiger partial charge is 0.201 e. The van der Waals surface area contributed by atoms with Crippen molar-refractivity contribution in [2.24, 2.45) is 0 Å². The molecule has 110 valence electrons. The van der Waals surface area contributed by atoms with Crippen LogP contribution in [0.25, 0.3) is 11.0 Å². The van der Waals surface area contributed by atoms with Crippen LogP contribution in [0.3, 0.4) is 0 Å². The highest BCUT2D eigenvalue weighted by Gasteiger charge is 2.19. The molecule has 1 aromatic carbocycles. The second kappa shape index (κ2) is 5.04. The number of rotatable bonds is 3. The third-order valence-corrected chi connectivity index (χ3v) is 4.72. The van der Waals surface area contributed by atoms with Crippen LogP contribution < -0.4 is 10.5 Å². The summed E-state index contributed by atoms with van der Waals surface area (Å²) in [4.78, 5) is 6.67. The largest absolute Gasteiger partial charge is 0.494 e. The molecule has 0 saturated heterocycles. The van der Waals surface area contributed by atoms with Crippen molar-refractivity contribution in [2.45, 2.75) is 19.9 Å². The molecular formula is C15H16FN3OS. The van der Waals surface area contributed by atoms with E-state index in [0.717, 1.165) is 5.52 Å². The van der Waals surface area contributed by atoms with Gasteiger partial charge in [0.15, 0.2) is 11.6 Å². The molecule has 3 aromatic rings. The van der Waals surface area contributed by atoms with E-state index >= 15 is 0 Å². The molecule has 2 aromatic heterocycles. The minimum absolute atomic E-state index is 0.0314. The van der Waals surface area contributed by atoms with Gasteiger partial charge in [-0.3, -0.25) is 0 Å². The predicted molar refractivity (Wildman–Crippen MR) is 83.5 cm³/mol. The molecule has 21 heavy (non-hydrogen) atoms. The van der Waals surface area contributed by atoms with E-state index in [1.165, 1.54) is 22.9 Å². The van der Waals surface area contributed by atoms with Gasteiger partial charge in [-0.2, -0.15) is 0 Å². The standard InChI is InChI=1S/C15H16FN3OS/c1-8-4-5-14(21-8)9(2)19-12-7-13(20-3)10(16)6-11(12)18-15(19)17/h4-7,9H,1-3H3,(H2,17,18). The SMILES string of the molecule is COc1cc2c(cc1F)nc(N)n2C(C)c1ccc(C)s1. The Kier molecular flexibility index (Phi) is 3.33. The zero-order valence-corrected chi connectivity index (χ0v) is 12.9. The summed E-state index contributed by atoms with van der Waals surface area (Å²) in [6, 6.07) is 7.19. The highest BCUT2D eigenvalue weighted by atomic mass is 32.1. The summed E-state index contributed by atoms with van der Waals surface area (Å²) in [5.41, 5.74) is 7.33. The van der Waals surface area contributed by atoms with E-state index in [1.807, 2.05) is 4.57 Å². The van der Waals surface area contributed by atoms with Crippen molar-refractivity contribution in [2.75, 3.05) is 12.8 Å². The van der Waals surface area contributed by atoms with Crippen molar-refractivity contribution < 1.29 is 9.13 Å². The molecule has 1 unspecified atom stereocenters. The number of ether oxygens (including phenoxy) is 1. The Hall–Kier alpha value is -2.08. The number of hydrogen-bond donors (Lipinski definition) is 1. The molecule has 0 radical (unpaired) electrons. The van der Waals surface area contributed by atoms with Crippen LogP contribution in [-0.4, -0.2) is 16.7 Å². The van der Waals surface area contributed by atoms with Gasteiger partial charge in [0.1, 0.15) is 0 Å². The first kappa shape index (κ1) is 13.9. The summed E-state index contributed by atoms with van der Waals surface area (Å²) >= 11 is 1.71. The molecule has 2 heterocycles. The van der Waals surface area contributed by atoms with E-state index in [-0.39, 0.29) is 11.8 Å². The van der Waals surface area contributed by atoms with Crippen LogP contribution in [-0.2, 0) is 0 Å². The predicted octanol–water partition coefficient (Wildman–Crippen LogP) is 3.75. The van der Waals surface area contributed by atoms with Gasteiger partial charge in [0.05, 0.1) is 24.2 Å². The quantitative estimate of drug-likeness (QED) is 0.802. The lowest BCUT2D eigenvalue weighted by Crippen LogP contribution is -2.09. The second-order valence-corrected chi connectivity index (χ2v) is 6.26. The lowest BCUT2D eigenvalue weighted by Gasteiger charge is -2.15. The summed E-state index contributed by atoms with van der Waals surface area (Å²) in [5, 5.41) is 0. The third kappa shape index (κ3) is 2.25. The van der Waals surface area contributed by atoms with Crippen LogP contribution in [0.1, 0.15) is 22.7 Å². The first-order valence-electron chi connectivity index (χ1n) is 6.58. The van der Waals surface area contributed by atoms with Gasteiger partial charge in [-0.1, -0.05) is 0 Å². The van der Waals surface area contributed by atoms with E-state index in [1.54, 1.807) is 17.4 Å². The zero-order valence-electron chi connectivity index (χ0n) is 12.1. The normalized spacial score (nSPS) is 12.8. The first-order chi connectivity index (χ1) is 10.0. The van der Waals surface area contributed by atoms with Gasteiger partial charge in [-0.25, -0.2) is 9.37 Å². The summed E-state index contributed by atoms with van der Waals surface area (Å²) < 4.78 is 20.7. The summed E-state index contributed by atoms with van der Waals surface area (Å²) in [7, 11) is 1.44. The average Bonchev–Trinajstić information content (AvgIpc) is 3.00. The topological polar surface area (TPSA) is 53.1 Å². The number of nitrogens with two attached hydrogens (primary N) is 1. The number of thiophene rings is 1. The monoisotopic (exact) mass is 305 g/mol. The van der Waals surface area contributed by atoms with Crippen LogP contribution in [0, 0.1) is 12.7 Å². The van der Waals surface area contributed by atoms with Crippen LogP contribution >= 0.6 is 11.3 Å². The lowest BCUT2D eigenvalue weighted by molar-refractivity contribution is 0.387. The minimum Gasteiger partial charge on any atom is -0.494 e. The zero-order chi connectivity index (χ0) is 15.1. The van der Waals surface area contributed by atoms with Gasteiger partial charge >= 0.3 is 0 Å². The Bertz CT molecular complexity index is 809. The fraction of sp³-hybridized carbons (Fsp3) is 0.267. The van der Waals surface area contributed by atoms with E-state index in [2.05, 4.69) is 31.0 Å². The van der Waals surface area contributed by atoms with Crippen molar-refractivity contribution in [1.29, 1.82) is 0 Å². The van der Waals surface area contributed by atoms with Crippen molar-refractivity contribution >= 4 is 28.3 Å². The van der Waals surface area contributed by atoms with Gasteiger partial charge in [-0.15, -0.1) is 11.3 Å². The molecule has 0 aliphatic carbocycles. The average molecular weight is 305 g/mol. The van der Waals surface area contributed by atoms with Crippen LogP contribution in [0.2, 0.25) is 0 Å². The highest BCUT2D eigenvalue weighted by Crippen LogP contribution is 2.33. The Morgan fingerprint density at radius 3 is 2.76 bits per heavy atom. The molecule has 2 N–H and O–H groups in total. The maximum Gasteiger partial charge on any atom is 0.201 e. The van der Waals surface area contributed by atoms with Crippen molar-refractivity contribution in [1.82, 2.24) is 9.55 Å². The van der Waals surface area contributed by atoms with Gasteiger partial charge in [0, 0.05) is 21.9 Å². The van der Waals surface area contributed by atoms with Gasteiger partial charge in [0.25, 0.3) is 0 Å². The Morgan fingerprint density at radius 1 is 1.38 bits per heavy atom. The molecule has 1 atom stereocenters. The second-order valence-electron chi connectivity index (χ2n) is 4.94. The first-order valence-corrected chi connectivity index (χ1v) is 7.40. The molecule has 0 saturated carbocycles. The maximum atomic E-state index is 13.8. The van der Waals surface area contributed by atoms with E-state index in [4.69, 9.17) is 10.5 Å². The number of aromatic nitrogens is 2. The number of nitrogens with zero attached hydrogens (tertiary/aromatic N) is 2. The van der Waals surface area contributed by atoms with Crippen LogP contribution in [0.5, 0.6) is 5.75 Å². The lowest BCUT2D eigenvalue weighted by atomic mass is 10.2. The maximum absolute atomic E-state index is 13.8. The molecule has 0 amide bonds. The van der Waals surface area contributed by atoms with Gasteiger partial charge in [0.2, 0.25) is 5.95 Å². The van der Waals surface area contributed by atoms with E-state index in [0.29, 0.717) is 11.5 Å². The number of halogens is 1. The van der Waals surface area contributed by atoms with Crippen LogP contribution in [0.15, 0.2) is 24.3 Å². The Labute approximate surface area is 126 Å². The molecule has 3 rings (SSSR count).